The summed E-state index contributed by atoms with van der Waals surface area (Å²) < 4.78 is 1.60. The molecule has 0 aliphatic carbocycles. The largest absolute Gasteiger partial charge is 0.404 e. The number of rotatable bonds is 3. The molecule has 0 saturated carbocycles. The fourth-order valence-corrected chi connectivity index (χ4v) is 2.43. The molecule has 0 radical (unpaired) electrons. The van der Waals surface area contributed by atoms with E-state index in [9.17, 15) is 14.9 Å². The molecule has 98 valence electrons. The van der Waals surface area contributed by atoms with Gasteiger partial charge in [0.05, 0.1) is 11.3 Å². The summed E-state index contributed by atoms with van der Waals surface area (Å²) in [5, 5.41) is 14.4. The Balaban J connectivity index is 2.02. The van der Waals surface area contributed by atoms with Crippen molar-refractivity contribution in [1.82, 2.24) is 14.7 Å². The summed E-state index contributed by atoms with van der Waals surface area (Å²) in [7, 11) is 0. The Morgan fingerprint density at radius 3 is 2.67 bits per heavy atom. The van der Waals surface area contributed by atoms with Crippen molar-refractivity contribution in [1.29, 1.82) is 0 Å². The van der Waals surface area contributed by atoms with Crippen LogP contribution in [0.5, 0.6) is 0 Å². The molecular formula is C10H13BrN4O3. The van der Waals surface area contributed by atoms with Gasteiger partial charge in [0.25, 0.3) is 0 Å². The van der Waals surface area contributed by atoms with Crippen molar-refractivity contribution in [2.45, 2.75) is 25.8 Å². The van der Waals surface area contributed by atoms with Crippen molar-refractivity contribution in [2.75, 3.05) is 13.1 Å². The molecule has 1 amide bonds. The van der Waals surface area contributed by atoms with Crippen molar-refractivity contribution in [3.63, 3.8) is 0 Å². The van der Waals surface area contributed by atoms with Crippen LogP contribution in [0.3, 0.4) is 0 Å². The minimum absolute atomic E-state index is 0.0420. The number of carbonyl (C=O) groups is 1. The Morgan fingerprint density at radius 1 is 1.44 bits per heavy atom. The van der Waals surface area contributed by atoms with Gasteiger partial charge in [0, 0.05) is 13.1 Å². The molecule has 0 spiro atoms. The van der Waals surface area contributed by atoms with Crippen LogP contribution in [0.15, 0.2) is 10.7 Å². The van der Waals surface area contributed by atoms with Crippen LogP contribution >= 0.6 is 15.9 Å². The molecule has 0 N–H and O–H groups in total. The first-order chi connectivity index (χ1) is 8.58. The number of nitrogens with zero attached hydrogens (tertiary/aromatic N) is 4. The molecule has 18 heavy (non-hydrogen) atoms. The fourth-order valence-electron chi connectivity index (χ4n) is 1.97. The van der Waals surface area contributed by atoms with Crippen molar-refractivity contribution >= 4 is 27.7 Å². The second-order valence-corrected chi connectivity index (χ2v) is 5.05. The van der Waals surface area contributed by atoms with Crippen molar-refractivity contribution in [2.24, 2.45) is 0 Å². The predicted molar refractivity (Wildman–Crippen MR) is 67.0 cm³/mol. The van der Waals surface area contributed by atoms with Gasteiger partial charge < -0.3 is 15.0 Å². The van der Waals surface area contributed by atoms with Crippen LogP contribution in [0.25, 0.3) is 0 Å². The molecule has 1 aliphatic rings. The number of amides is 1. The summed E-state index contributed by atoms with van der Waals surface area (Å²) in [6, 6.07) is 0. The van der Waals surface area contributed by atoms with Crippen molar-refractivity contribution in [3.05, 3.63) is 20.8 Å². The van der Waals surface area contributed by atoms with Gasteiger partial charge in [-0.25, -0.2) is 0 Å². The van der Waals surface area contributed by atoms with Crippen LogP contribution in [0.2, 0.25) is 0 Å². The third-order valence-electron chi connectivity index (χ3n) is 2.88. The van der Waals surface area contributed by atoms with Gasteiger partial charge in [-0.1, -0.05) is 0 Å². The van der Waals surface area contributed by atoms with Gasteiger partial charge in [0.1, 0.15) is 11.0 Å². The number of nitro groups is 1. The number of likely N-dealkylation sites (tertiary alicyclic amines) is 1. The van der Waals surface area contributed by atoms with Gasteiger partial charge in [-0.15, -0.1) is 0 Å². The highest BCUT2D eigenvalue weighted by atomic mass is 79.9. The van der Waals surface area contributed by atoms with E-state index in [4.69, 9.17) is 0 Å². The molecule has 1 fully saturated rings. The SMILES string of the molecule is O=C(Cn1cc(Br)c([N+](=O)[O-])n1)N1CCCCC1. The van der Waals surface area contributed by atoms with E-state index in [2.05, 4.69) is 21.0 Å². The van der Waals surface area contributed by atoms with Crippen LogP contribution < -0.4 is 0 Å². The smallest absolute Gasteiger partial charge is 0.358 e. The zero-order valence-electron chi connectivity index (χ0n) is 9.71. The predicted octanol–water partition coefficient (Wildman–Crippen LogP) is 1.57. The lowest BCUT2D eigenvalue weighted by Gasteiger charge is -2.26. The maximum Gasteiger partial charge on any atom is 0.404 e. The quantitative estimate of drug-likeness (QED) is 0.626. The maximum absolute atomic E-state index is 11.9. The zero-order chi connectivity index (χ0) is 13.1. The summed E-state index contributed by atoms with van der Waals surface area (Å²) in [5.74, 6) is -0.305. The highest BCUT2D eigenvalue weighted by Gasteiger charge is 2.22. The highest BCUT2D eigenvalue weighted by Crippen LogP contribution is 2.22. The van der Waals surface area contributed by atoms with Gasteiger partial charge in [-0.3, -0.25) is 4.79 Å². The Bertz CT molecular complexity index is 468. The third kappa shape index (κ3) is 2.87. The van der Waals surface area contributed by atoms with Gasteiger partial charge in [-0.2, -0.15) is 4.68 Å². The van der Waals surface area contributed by atoms with E-state index < -0.39 is 4.92 Å². The first-order valence-electron chi connectivity index (χ1n) is 5.73. The first kappa shape index (κ1) is 13.0. The molecule has 0 bridgehead atoms. The standard InChI is InChI=1S/C10H13BrN4O3/c11-8-6-14(12-10(8)15(17)18)7-9(16)13-4-2-1-3-5-13/h6H,1-5,7H2. The minimum atomic E-state index is -0.577. The Kier molecular flexibility index (Phi) is 3.95. The molecule has 1 aliphatic heterocycles. The van der Waals surface area contributed by atoms with E-state index in [0.717, 1.165) is 32.4 Å². The molecular weight excluding hydrogens is 304 g/mol. The zero-order valence-corrected chi connectivity index (χ0v) is 11.3. The fraction of sp³-hybridized carbons (Fsp3) is 0.600. The average molecular weight is 317 g/mol. The number of hydrogen-bond donors (Lipinski definition) is 0. The van der Waals surface area contributed by atoms with E-state index in [1.807, 2.05) is 0 Å². The second kappa shape index (κ2) is 5.47. The van der Waals surface area contributed by atoms with E-state index in [0.29, 0.717) is 4.47 Å². The number of piperidine rings is 1. The van der Waals surface area contributed by atoms with Crippen LogP contribution in [0.1, 0.15) is 19.3 Å². The monoisotopic (exact) mass is 316 g/mol. The number of hydrogen-bond acceptors (Lipinski definition) is 4. The second-order valence-electron chi connectivity index (χ2n) is 4.20. The molecule has 7 nitrogen and oxygen atoms in total. The lowest BCUT2D eigenvalue weighted by Crippen LogP contribution is -2.37. The maximum atomic E-state index is 11.9. The third-order valence-corrected chi connectivity index (χ3v) is 3.44. The van der Waals surface area contributed by atoms with E-state index >= 15 is 0 Å². The summed E-state index contributed by atoms with van der Waals surface area (Å²) in [5.41, 5.74) is 0. The molecule has 2 heterocycles. The summed E-state index contributed by atoms with van der Waals surface area (Å²) >= 11 is 3.05. The summed E-state index contributed by atoms with van der Waals surface area (Å²) in [4.78, 5) is 23.8. The number of halogens is 1. The van der Waals surface area contributed by atoms with Crippen molar-refractivity contribution < 1.29 is 9.72 Å². The van der Waals surface area contributed by atoms with Crippen LogP contribution in [0, 0.1) is 10.1 Å². The minimum Gasteiger partial charge on any atom is -0.358 e. The lowest BCUT2D eigenvalue weighted by molar-refractivity contribution is -0.390. The molecule has 1 aromatic rings. The lowest BCUT2D eigenvalue weighted by atomic mass is 10.1. The number of carbonyl (C=O) groups excluding carboxylic acids is 1. The van der Waals surface area contributed by atoms with Gasteiger partial charge in [-0.05, 0) is 40.1 Å². The van der Waals surface area contributed by atoms with E-state index in [1.54, 1.807) is 4.90 Å². The topological polar surface area (TPSA) is 81.3 Å². The Labute approximate surface area is 112 Å². The van der Waals surface area contributed by atoms with Crippen LogP contribution in [-0.4, -0.2) is 38.6 Å². The normalized spacial score (nSPS) is 15.7. The van der Waals surface area contributed by atoms with Gasteiger partial charge in [0.2, 0.25) is 5.91 Å². The van der Waals surface area contributed by atoms with E-state index in [-0.39, 0.29) is 18.3 Å². The van der Waals surface area contributed by atoms with Crippen LogP contribution in [-0.2, 0) is 11.3 Å². The first-order valence-corrected chi connectivity index (χ1v) is 6.52. The summed E-state index contributed by atoms with van der Waals surface area (Å²) in [6.07, 6.45) is 4.66. The molecule has 0 atom stereocenters. The Morgan fingerprint density at radius 2 is 2.11 bits per heavy atom. The van der Waals surface area contributed by atoms with E-state index in [1.165, 1.54) is 10.9 Å². The Hall–Kier alpha value is -1.44. The van der Waals surface area contributed by atoms with Crippen LogP contribution in [0.4, 0.5) is 5.82 Å². The van der Waals surface area contributed by atoms with Gasteiger partial charge >= 0.3 is 5.82 Å². The number of aromatic nitrogens is 2. The molecule has 0 aromatic carbocycles. The summed E-state index contributed by atoms with van der Waals surface area (Å²) in [6.45, 7) is 1.58. The molecule has 1 aromatic heterocycles. The van der Waals surface area contributed by atoms with Gasteiger partial charge in [0.15, 0.2) is 0 Å². The average Bonchev–Trinajstić information content (AvgIpc) is 2.71. The molecule has 8 heteroatoms. The highest BCUT2D eigenvalue weighted by molar-refractivity contribution is 9.10. The van der Waals surface area contributed by atoms with Crippen molar-refractivity contribution in [3.8, 4) is 0 Å². The molecule has 0 unspecified atom stereocenters. The molecule has 1 saturated heterocycles. The molecule has 2 rings (SSSR count).